The van der Waals surface area contributed by atoms with Gasteiger partial charge in [-0.2, -0.15) is 5.26 Å². The van der Waals surface area contributed by atoms with E-state index in [-0.39, 0.29) is 25.5 Å². The van der Waals surface area contributed by atoms with Gasteiger partial charge in [0.05, 0.1) is 29.3 Å². The smallest absolute Gasteiger partial charge is 0.339 e. The zero-order valence-electron chi connectivity index (χ0n) is 18.2. The summed E-state index contributed by atoms with van der Waals surface area (Å²) < 4.78 is 5.42. The lowest BCUT2D eigenvalue weighted by Crippen LogP contribution is -2.32. The Morgan fingerprint density at radius 3 is 2.73 bits per heavy atom. The molecule has 7 heteroatoms. The first kappa shape index (κ1) is 22.5. The highest BCUT2D eigenvalue weighted by Crippen LogP contribution is 2.38. The molecule has 0 bridgehead atoms. The number of fused-ring (bicyclic) bond motifs is 2. The zero-order chi connectivity index (χ0) is 23.4. The molecule has 0 atom stereocenters. The Hall–Kier alpha value is -3.69. The number of hydrogen-bond donors (Lipinski definition) is 0. The van der Waals surface area contributed by atoms with Gasteiger partial charge in [-0.15, -0.1) is 0 Å². The number of aromatic nitrogens is 1. The Morgan fingerprint density at radius 2 is 1.94 bits per heavy atom. The molecule has 166 valence electrons. The number of allylic oxidation sites excluding steroid dienone is 1. The van der Waals surface area contributed by atoms with Crippen molar-refractivity contribution < 1.29 is 14.3 Å². The zero-order valence-corrected chi connectivity index (χ0v) is 18.9. The number of nitrogens with zero attached hydrogens (tertiary/aromatic N) is 3. The van der Waals surface area contributed by atoms with Crippen LogP contribution in [0.2, 0.25) is 5.02 Å². The van der Waals surface area contributed by atoms with Gasteiger partial charge in [0.2, 0.25) is 0 Å². The average Bonchev–Trinajstić information content (AvgIpc) is 3.22. The van der Waals surface area contributed by atoms with Crippen molar-refractivity contribution in [1.29, 1.82) is 5.26 Å². The van der Waals surface area contributed by atoms with Crippen LogP contribution in [0.3, 0.4) is 0 Å². The fourth-order valence-corrected chi connectivity index (χ4v) is 4.13. The molecular formula is C26H22ClN3O3. The predicted molar refractivity (Wildman–Crippen MR) is 128 cm³/mol. The second-order valence-electron chi connectivity index (χ2n) is 7.82. The van der Waals surface area contributed by atoms with Crippen LogP contribution < -0.4 is 0 Å². The Balaban J connectivity index is 1.68. The van der Waals surface area contributed by atoms with E-state index in [1.54, 1.807) is 7.05 Å². The van der Waals surface area contributed by atoms with E-state index in [2.05, 4.69) is 0 Å². The molecule has 1 aliphatic carbocycles. The molecule has 0 unspecified atom stereocenters. The topological polar surface area (TPSA) is 83.3 Å². The highest BCUT2D eigenvalue weighted by atomic mass is 35.5. The standard InChI is InChI=1S/C26H22ClN3O3/c1-30(14-6-13-28)23(31)16-33-26(32)24-19-8-3-5-10-22(19)29-25-18(11-12-20(24)25)15-17-7-2-4-9-21(17)27/h2-5,7-10,15H,6,11-12,14,16H2,1H3/b18-15+. The first-order valence-corrected chi connectivity index (χ1v) is 11.0. The molecule has 0 fully saturated rings. The quantitative estimate of drug-likeness (QED) is 0.489. The van der Waals surface area contributed by atoms with Gasteiger partial charge in [-0.3, -0.25) is 4.79 Å². The summed E-state index contributed by atoms with van der Waals surface area (Å²) in [6.45, 7) is -0.0921. The van der Waals surface area contributed by atoms with Crippen molar-refractivity contribution in [2.24, 2.45) is 0 Å². The summed E-state index contributed by atoms with van der Waals surface area (Å²) in [7, 11) is 1.58. The van der Waals surface area contributed by atoms with Crippen LogP contribution in [0.4, 0.5) is 0 Å². The second kappa shape index (κ2) is 9.85. The number of para-hydroxylation sites is 1. The van der Waals surface area contributed by atoms with E-state index in [1.165, 1.54) is 4.90 Å². The van der Waals surface area contributed by atoms with Crippen LogP contribution in [-0.4, -0.2) is 42.0 Å². The molecule has 1 amide bonds. The molecule has 6 nitrogen and oxygen atoms in total. The molecule has 0 saturated carbocycles. The van der Waals surface area contributed by atoms with E-state index in [9.17, 15) is 9.59 Å². The number of nitriles is 1. The number of carbonyl (C=O) groups excluding carboxylic acids is 2. The van der Waals surface area contributed by atoms with E-state index in [0.29, 0.717) is 27.9 Å². The van der Waals surface area contributed by atoms with E-state index in [0.717, 1.165) is 28.8 Å². The van der Waals surface area contributed by atoms with Gasteiger partial charge in [0, 0.05) is 24.0 Å². The number of likely N-dealkylation sites (N-methyl/N-ethyl adjacent to an activating group) is 1. The molecule has 0 radical (unpaired) electrons. The highest BCUT2D eigenvalue weighted by molar-refractivity contribution is 6.32. The average molecular weight is 460 g/mol. The van der Waals surface area contributed by atoms with Gasteiger partial charge in [-0.25, -0.2) is 9.78 Å². The molecular weight excluding hydrogens is 438 g/mol. The number of benzene rings is 2. The van der Waals surface area contributed by atoms with Gasteiger partial charge in [0.1, 0.15) is 0 Å². The van der Waals surface area contributed by atoms with E-state index in [1.807, 2.05) is 60.7 Å². The molecule has 1 aliphatic rings. The molecule has 0 spiro atoms. The first-order valence-electron chi connectivity index (χ1n) is 10.6. The Labute approximate surface area is 197 Å². The fourth-order valence-electron chi connectivity index (χ4n) is 3.94. The Bertz CT molecular complexity index is 1310. The third-order valence-corrected chi connectivity index (χ3v) is 6.04. The van der Waals surface area contributed by atoms with E-state index >= 15 is 0 Å². The minimum absolute atomic E-state index is 0.221. The fraction of sp³-hybridized carbons (Fsp3) is 0.231. The van der Waals surface area contributed by atoms with Crippen LogP contribution in [0.25, 0.3) is 22.6 Å². The maximum Gasteiger partial charge on any atom is 0.339 e. The molecule has 1 aromatic heterocycles. The van der Waals surface area contributed by atoms with Crippen LogP contribution >= 0.6 is 11.6 Å². The number of carbonyl (C=O) groups is 2. The van der Waals surface area contributed by atoms with Crippen molar-refractivity contribution in [3.8, 4) is 6.07 Å². The summed E-state index contributed by atoms with van der Waals surface area (Å²) in [6, 6.07) is 17.0. The van der Waals surface area contributed by atoms with E-state index < -0.39 is 5.97 Å². The van der Waals surface area contributed by atoms with Gasteiger partial charge in [0.15, 0.2) is 6.61 Å². The third-order valence-electron chi connectivity index (χ3n) is 5.69. The predicted octanol–water partition coefficient (Wildman–Crippen LogP) is 4.90. The monoisotopic (exact) mass is 459 g/mol. The van der Waals surface area contributed by atoms with Gasteiger partial charge in [-0.1, -0.05) is 48.0 Å². The number of amides is 1. The van der Waals surface area contributed by atoms with Crippen molar-refractivity contribution in [3.63, 3.8) is 0 Å². The number of esters is 1. The summed E-state index contributed by atoms with van der Waals surface area (Å²) in [5.74, 6) is -0.904. The molecule has 0 N–H and O–H groups in total. The van der Waals surface area contributed by atoms with Crippen LogP contribution in [-0.2, 0) is 16.0 Å². The first-order chi connectivity index (χ1) is 16.0. The normalized spacial score (nSPS) is 13.5. The van der Waals surface area contributed by atoms with Crippen molar-refractivity contribution >= 4 is 46.0 Å². The van der Waals surface area contributed by atoms with Crippen molar-refractivity contribution in [3.05, 3.63) is 75.9 Å². The van der Waals surface area contributed by atoms with Gasteiger partial charge in [0.25, 0.3) is 5.91 Å². The summed E-state index contributed by atoms with van der Waals surface area (Å²) in [5, 5.41) is 10.0. The number of pyridine rings is 1. The third kappa shape index (κ3) is 4.74. The molecule has 4 rings (SSSR count). The Morgan fingerprint density at radius 1 is 1.18 bits per heavy atom. The molecule has 2 aromatic carbocycles. The molecule has 33 heavy (non-hydrogen) atoms. The van der Waals surface area contributed by atoms with Crippen LogP contribution in [0, 0.1) is 11.3 Å². The van der Waals surface area contributed by atoms with Gasteiger partial charge >= 0.3 is 5.97 Å². The molecule has 1 heterocycles. The maximum absolute atomic E-state index is 13.2. The van der Waals surface area contributed by atoms with Crippen LogP contribution in [0.1, 0.15) is 40.0 Å². The summed E-state index contributed by atoms with van der Waals surface area (Å²) in [6.07, 6.45) is 3.60. The van der Waals surface area contributed by atoms with E-state index in [4.69, 9.17) is 26.6 Å². The highest BCUT2D eigenvalue weighted by Gasteiger charge is 2.28. The lowest BCUT2D eigenvalue weighted by Gasteiger charge is -2.16. The SMILES string of the molecule is CN(CCC#N)C(=O)COC(=O)c1c2c(nc3ccccc13)/C(=C/c1ccccc1Cl)CC2. The maximum atomic E-state index is 13.2. The number of ether oxygens (including phenoxy) is 1. The second-order valence-corrected chi connectivity index (χ2v) is 8.23. The summed E-state index contributed by atoms with van der Waals surface area (Å²) in [4.78, 5) is 31.7. The largest absolute Gasteiger partial charge is 0.452 e. The van der Waals surface area contributed by atoms with Crippen LogP contribution in [0.15, 0.2) is 48.5 Å². The van der Waals surface area contributed by atoms with Crippen molar-refractivity contribution in [2.75, 3.05) is 20.2 Å². The molecule has 0 saturated heterocycles. The van der Waals surface area contributed by atoms with Gasteiger partial charge in [-0.05, 0) is 47.8 Å². The number of rotatable bonds is 6. The minimum atomic E-state index is -0.550. The van der Waals surface area contributed by atoms with Gasteiger partial charge < -0.3 is 9.64 Å². The molecule has 0 aliphatic heterocycles. The van der Waals surface area contributed by atoms with Crippen LogP contribution in [0.5, 0.6) is 0 Å². The summed E-state index contributed by atoms with van der Waals surface area (Å²) >= 11 is 6.34. The van der Waals surface area contributed by atoms with Crippen molar-refractivity contribution in [2.45, 2.75) is 19.3 Å². The van der Waals surface area contributed by atoms with Crippen molar-refractivity contribution in [1.82, 2.24) is 9.88 Å². The lowest BCUT2D eigenvalue weighted by molar-refractivity contribution is -0.133. The summed E-state index contributed by atoms with van der Waals surface area (Å²) in [5.41, 5.74) is 4.62. The lowest BCUT2D eigenvalue weighted by atomic mass is 10.0. The number of hydrogen-bond acceptors (Lipinski definition) is 5. The minimum Gasteiger partial charge on any atom is -0.452 e. The molecule has 3 aromatic rings. The Kier molecular flexibility index (Phi) is 6.71. The number of halogens is 1.